The Balaban J connectivity index is 1.32. The Labute approximate surface area is 243 Å². The number of halogens is 5. The van der Waals surface area contributed by atoms with E-state index in [-0.39, 0.29) is 25.3 Å². The number of urea groups is 1. The number of benzene rings is 3. The number of carbonyl (C=O) groups is 1. The summed E-state index contributed by atoms with van der Waals surface area (Å²) < 4.78 is 75.4. The van der Waals surface area contributed by atoms with Gasteiger partial charge in [0.2, 0.25) is 0 Å². The first kappa shape index (κ1) is 28.9. The highest BCUT2D eigenvalue weighted by Gasteiger charge is 2.57. The Morgan fingerprint density at radius 1 is 1.05 bits per heavy atom. The predicted octanol–water partition coefficient (Wildman–Crippen LogP) is 6.57. The SMILES string of the molecule is Cc1nc2ccc(-c3cc(C)c4c(c3)CN(C(=O)N3CCC(O)(C(F)(F)F)CC3c3ccc(F)c(F)c3)CCO4)cc2[nH]1. The fraction of sp³-hybridized carbons (Fsp3) is 0.355. The van der Waals surface area contributed by atoms with Crippen LogP contribution in [0.5, 0.6) is 5.75 Å². The van der Waals surface area contributed by atoms with E-state index in [0.717, 1.165) is 57.3 Å². The van der Waals surface area contributed by atoms with E-state index < -0.39 is 54.9 Å². The van der Waals surface area contributed by atoms with E-state index in [2.05, 4.69) is 9.97 Å². The number of aromatic nitrogens is 2. The van der Waals surface area contributed by atoms with E-state index in [0.29, 0.717) is 5.75 Å². The Morgan fingerprint density at radius 3 is 2.58 bits per heavy atom. The van der Waals surface area contributed by atoms with Gasteiger partial charge >= 0.3 is 12.2 Å². The first-order valence-corrected chi connectivity index (χ1v) is 13.9. The second-order valence-electron chi connectivity index (χ2n) is 11.3. The molecule has 3 aromatic carbocycles. The lowest BCUT2D eigenvalue weighted by Gasteiger charge is -2.46. The van der Waals surface area contributed by atoms with Gasteiger partial charge in [0, 0.05) is 24.9 Å². The monoisotopic (exact) mass is 600 g/mol. The quantitative estimate of drug-likeness (QED) is 0.255. The average molecular weight is 601 g/mol. The lowest BCUT2D eigenvalue weighted by atomic mass is 9.83. The van der Waals surface area contributed by atoms with Gasteiger partial charge in [-0.1, -0.05) is 12.1 Å². The number of nitrogens with one attached hydrogen (secondary N) is 1. The van der Waals surface area contributed by atoms with E-state index in [1.165, 1.54) is 9.80 Å². The largest absolute Gasteiger partial charge is 0.491 e. The van der Waals surface area contributed by atoms with E-state index in [9.17, 15) is 31.9 Å². The van der Waals surface area contributed by atoms with Gasteiger partial charge in [0.05, 0.1) is 30.2 Å². The number of H-pyrrole nitrogens is 1. The minimum absolute atomic E-state index is 0.0383. The van der Waals surface area contributed by atoms with Crippen LogP contribution >= 0.6 is 0 Å². The lowest BCUT2D eigenvalue weighted by Crippen LogP contribution is -2.57. The maximum absolute atomic E-state index is 14.2. The van der Waals surface area contributed by atoms with Gasteiger partial charge in [-0.3, -0.25) is 0 Å². The van der Waals surface area contributed by atoms with Crippen molar-refractivity contribution in [1.82, 2.24) is 19.8 Å². The van der Waals surface area contributed by atoms with Gasteiger partial charge in [0.15, 0.2) is 17.2 Å². The van der Waals surface area contributed by atoms with Crippen LogP contribution in [-0.2, 0) is 6.54 Å². The highest BCUT2D eigenvalue weighted by Crippen LogP contribution is 2.46. The van der Waals surface area contributed by atoms with Crippen LogP contribution in [0.4, 0.5) is 26.7 Å². The summed E-state index contributed by atoms with van der Waals surface area (Å²) in [6.45, 7) is 3.74. The van der Waals surface area contributed by atoms with Crippen molar-refractivity contribution < 1.29 is 36.6 Å². The van der Waals surface area contributed by atoms with E-state index in [1.54, 1.807) is 0 Å². The van der Waals surface area contributed by atoms with Crippen LogP contribution < -0.4 is 4.74 Å². The molecular weight excluding hydrogens is 571 g/mol. The molecule has 43 heavy (non-hydrogen) atoms. The third-order valence-corrected chi connectivity index (χ3v) is 8.30. The Bertz CT molecular complexity index is 1720. The number of rotatable bonds is 2. The molecule has 4 aromatic rings. The van der Waals surface area contributed by atoms with Gasteiger partial charge in [0.1, 0.15) is 18.2 Å². The van der Waals surface area contributed by atoms with Crippen molar-refractivity contribution in [3.05, 3.63) is 82.7 Å². The molecule has 2 aliphatic heterocycles. The van der Waals surface area contributed by atoms with Crippen LogP contribution in [0.15, 0.2) is 48.5 Å². The van der Waals surface area contributed by atoms with Crippen molar-refractivity contribution in [2.24, 2.45) is 0 Å². The highest BCUT2D eigenvalue weighted by atomic mass is 19.4. The molecule has 2 unspecified atom stereocenters. The number of aromatic amines is 1. The molecule has 0 spiro atoms. The molecule has 1 aromatic heterocycles. The van der Waals surface area contributed by atoms with Gasteiger partial charge < -0.3 is 24.6 Å². The van der Waals surface area contributed by atoms with Crippen LogP contribution in [0, 0.1) is 25.5 Å². The summed E-state index contributed by atoms with van der Waals surface area (Å²) in [5.41, 5.74) is 1.97. The molecular formula is C31H29F5N4O3. The summed E-state index contributed by atoms with van der Waals surface area (Å²) >= 11 is 0. The number of alkyl halides is 3. The fourth-order valence-electron chi connectivity index (χ4n) is 6.04. The van der Waals surface area contributed by atoms with Crippen molar-refractivity contribution in [3.8, 4) is 16.9 Å². The number of hydrogen-bond donors (Lipinski definition) is 2. The molecule has 7 nitrogen and oxygen atoms in total. The molecule has 6 rings (SSSR count). The second kappa shape index (κ2) is 10.5. The maximum Gasteiger partial charge on any atom is 0.417 e. The zero-order valence-corrected chi connectivity index (χ0v) is 23.4. The van der Waals surface area contributed by atoms with Gasteiger partial charge in [-0.15, -0.1) is 0 Å². The number of ether oxygens (including phenoxy) is 1. The molecule has 0 aliphatic carbocycles. The molecule has 2 N–H and O–H groups in total. The van der Waals surface area contributed by atoms with Crippen LogP contribution in [0.1, 0.15) is 41.4 Å². The summed E-state index contributed by atoms with van der Waals surface area (Å²) in [6, 6.07) is 10.5. The fourth-order valence-corrected chi connectivity index (χ4v) is 6.04. The minimum atomic E-state index is -4.97. The van der Waals surface area contributed by atoms with Crippen molar-refractivity contribution in [1.29, 1.82) is 0 Å². The third kappa shape index (κ3) is 5.28. The van der Waals surface area contributed by atoms with Crippen LogP contribution in [0.3, 0.4) is 0 Å². The number of imidazole rings is 1. The van der Waals surface area contributed by atoms with Crippen molar-refractivity contribution >= 4 is 17.1 Å². The van der Waals surface area contributed by atoms with E-state index in [1.807, 2.05) is 44.2 Å². The maximum atomic E-state index is 14.2. The second-order valence-corrected chi connectivity index (χ2v) is 11.3. The molecule has 3 heterocycles. The smallest absolute Gasteiger partial charge is 0.417 e. The Hall–Kier alpha value is -4.19. The third-order valence-electron chi connectivity index (χ3n) is 8.30. The molecule has 0 radical (unpaired) electrons. The van der Waals surface area contributed by atoms with Crippen molar-refractivity contribution in [2.45, 2.75) is 51.1 Å². The summed E-state index contributed by atoms with van der Waals surface area (Å²) in [5.74, 6) is -1.01. The summed E-state index contributed by atoms with van der Waals surface area (Å²) in [6.07, 6.45) is -6.63. The molecule has 2 atom stereocenters. The molecule has 226 valence electrons. The zero-order valence-electron chi connectivity index (χ0n) is 23.4. The number of likely N-dealkylation sites (tertiary alicyclic amines) is 1. The summed E-state index contributed by atoms with van der Waals surface area (Å²) in [5, 5.41) is 10.5. The summed E-state index contributed by atoms with van der Waals surface area (Å²) in [7, 11) is 0. The number of nitrogens with zero attached hydrogens (tertiary/aromatic N) is 3. The van der Waals surface area contributed by atoms with Gasteiger partial charge in [-0.2, -0.15) is 13.2 Å². The minimum Gasteiger partial charge on any atom is -0.491 e. The lowest BCUT2D eigenvalue weighted by molar-refractivity contribution is -0.276. The average Bonchev–Trinajstić information content (AvgIpc) is 3.18. The number of carbonyl (C=O) groups excluding carboxylic acids is 1. The molecule has 1 saturated heterocycles. The predicted molar refractivity (Wildman–Crippen MR) is 148 cm³/mol. The molecule has 2 amide bonds. The number of hydrogen-bond acceptors (Lipinski definition) is 4. The molecule has 0 bridgehead atoms. The van der Waals surface area contributed by atoms with E-state index >= 15 is 0 Å². The Kier molecular flexibility index (Phi) is 7.07. The van der Waals surface area contributed by atoms with Crippen molar-refractivity contribution in [3.63, 3.8) is 0 Å². The van der Waals surface area contributed by atoms with Crippen molar-refractivity contribution in [2.75, 3.05) is 19.7 Å². The zero-order chi connectivity index (χ0) is 30.7. The number of aliphatic hydroxyl groups is 1. The van der Waals surface area contributed by atoms with Gasteiger partial charge in [-0.25, -0.2) is 18.6 Å². The van der Waals surface area contributed by atoms with Crippen LogP contribution in [0.2, 0.25) is 0 Å². The standard InChI is InChI=1S/C31H29F5N4O3/c1-17-11-21(19-4-6-25-26(14-19)38-18(2)37-25)12-22-16-39(9-10-43-28(17)22)29(41)40-8-7-30(42,31(34,35)36)15-27(40)20-3-5-23(32)24(33)13-20/h3-6,11-14,27,42H,7-10,15-16H2,1-2H3,(H,37,38). The van der Waals surface area contributed by atoms with Crippen LogP contribution in [-0.4, -0.2) is 62.4 Å². The van der Waals surface area contributed by atoms with Gasteiger partial charge in [-0.05, 0) is 72.5 Å². The number of amides is 2. The number of fused-ring (bicyclic) bond motifs is 2. The molecule has 12 heteroatoms. The topological polar surface area (TPSA) is 81.7 Å². The van der Waals surface area contributed by atoms with Gasteiger partial charge in [0.25, 0.3) is 0 Å². The summed E-state index contributed by atoms with van der Waals surface area (Å²) in [4.78, 5) is 24.3. The Morgan fingerprint density at radius 2 is 1.84 bits per heavy atom. The normalized spacial score (nSPS) is 21.0. The van der Waals surface area contributed by atoms with E-state index in [4.69, 9.17) is 4.74 Å². The van der Waals surface area contributed by atoms with Crippen LogP contribution in [0.25, 0.3) is 22.2 Å². The molecule has 0 saturated carbocycles. The number of aryl methyl sites for hydroxylation is 2. The molecule has 1 fully saturated rings. The first-order chi connectivity index (χ1) is 20.3. The number of piperidine rings is 1. The molecule has 2 aliphatic rings. The first-order valence-electron chi connectivity index (χ1n) is 13.9. The highest BCUT2D eigenvalue weighted by molar-refractivity contribution is 5.83.